The molecule has 0 fully saturated rings. The van der Waals surface area contributed by atoms with Crippen LogP contribution in [0.3, 0.4) is 0 Å². The summed E-state index contributed by atoms with van der Waals surface area (Å²) in [7, 11) is 3.99. The predicted octanol–water partition coefficient (Wildman–Crippen LogP) is 2.90. The van der Waals surface area contributed by atoms with Gasteiger partial charge in [-0.1, -0.05) is 12.1 Å². The molecule has 0 aliphatic rings. The van der Waals surface area contributed by atoms with E-state index in [1.54, 1.807) is 0 Å². The summed E-state index contributed by atoms with van der Waals surface area (Å²) in [5.41, 5.74) is 1.04. The predicted molar refractivity (Wildman–Crippen MR) is 65.6 cm³/mol. The van der Waals surface area contributed by atoms with E-state index >= 15 is 0 Å². The Bertz CT molecular complexity index is 318. The Labute approximate surface area is 92.8 Å². The molecule has 0 saturated carbocycles. The molecule has 0 saturated heterocycles. The summed E-state index contributed by atoms with van der Waals surface area (Å²) in [4.78, 5) is 6.50. The molecule has 70 valence electrons. The van der Waals surface area contributed by atoms with Gasteiger partial charge in [0, 0.05) is 17.7 Å². The highest BCUT2D eigenvalue weighted by Gasteiger charge is 1.97. The minimum Gasteiger partial charge on any atom is -0.366 e. The van der Waals surface area contributed by atoms with E-state index in [1.807, 2.05) is 44.1 Å². The topological polar surface area (TPSA) is 15.6 Å². The lowest BCUT2D eigenvalue weighted by Gasteiger charge is -2.11. The van der Waals surface area contributed by atoms with Gasteiger partial charge in [0.15, 0.2) is 0 Å². The molecule has 0 spiro atoms. The first-order valence-electron chi connectivity index (χ1n) is 4.08. The van der Waals surface area contributed by atoms with E-state index in [-0.39, 0.29) is 0 Å². The molecule has 13 heavy (non-hydrogen) atoms. The first-order valence-corrected chi connectivity index (χ1v) is 5.16. The summed E-state index contributed by atoms with van der Waals surface area (Å²) in [5.74, 6) is 1.02. The van der Waals surface area contributed by atoms with Crippen molar-refractivity contribution in [1.29, 1.82) is 0 Å². The molecular weight excluding hydrogens is 275 g/mol. The Hall–Kier alpha value is -0.580. The standard InChI is InChI=1S/C10H13IN2/c1-8(13(2)3)12-10-7-5-4-6-9(10)11/h4-7H,1-3H3. The highest BCUT2D eigenvalue weighted by atomic mass is 127. The van der Waals surface area contributed by atoms with Gasteiger partial charge in [-0.25, -0.2) is 4.99 Å². The smallest absolute Gasteiger partial charge is 0.101 e. The van der Waals surface area contributed by atoms with Crippen molar-refractivity contribution in [3.05, 3.63) is 27.8 Å². The molecule has 0 heterocycles. The zero-order chi connectivity index (χ0) is 9.84. The van der Waals surface area contributed by atoms with Crippen molar-refractivity contribution in [3.63, 3.8) is 0 Å². The van der Waals surface area contributed by atoms with Crippen molar-refractivity contribution >= 4 is 34.1 Å². The van der Waals surface area contributed by atoms with Crippen LogP contribution in [0.25, 0.3) is 0 Å². The summed E-state index contributed by atoms with van der Waals surface area (Å²) < 4.78 is 1.18. The van der Waals surface area contributed by atoms with Gasteiger partial charge in [-0.15, -0.1) is 0 Å². The third-order valence-corrected chi connectivity index (χ3v) is 2.69. The maximum absolute atomic E-state index is 4.49. The van der Waals surface area contributed by atoms with Crippen molar-refractivity contribution in [2.45, 2.75) is 6.92 Å². The first kappa shape index (κ1) is 10.5. The van der Waals surface area contributed by atoms with Gasteiger partial charge in [0.25, 0.3) is 0 Å². The molecule has 0 aliphatic carbocycles. The third kappa shape index (κ3) is 2.99. The molecule has 0 amide bonds. The number of para-hydroxylation sites is 1. The number of halogens is 1. The van der Waals surface area contributed by atoms with Gasteiger partial charge >= 0.3 is 0 Å². The summed E-state index contributed by atoms with van der Waals surface area (Å²) in [6.45, 7) is 2.00. The Morgan fingerprint density at radius 2 is 1.92 bits per heavy atom. The normalized spacial score (nSPS) is 11.5. The SMILES string of the molecule is CC(=Nc1ccccc1I)N(C)C. The monoisotopic (exact) mass is 288 g/mol. The minimum atomic E-state index is 1.02. The van der Waals surface area contributed by atoms with Gasteiger partial charge in [-0.2, -0.15) is 0 Å². The zero-order valence-corrected chi connectivity index (χ0v) is 10.2. The average molecular weight is 288 g/mol. The lowest BCUT2D eigenvalue weighted by molar-refractivity contribution is 0.619. The van der Waals surface area contributed by atoms with E-state index in [0.717, 1.165) is 11.5 Å². The van der Waals surface area contributed by atoms with Crippen LogP contribution in [0.15, 0.2) is 29.3 Å². The largest absolute Gasteiger partial charge is 0.366 e. The van der Waals surface area contributed by atoms with Crippen LogP contribution in [0.2, 0.25) is 0 Å². The molecule has 0 atom stereocenters. The van der Waals surface area contributed by atoms with Gasteiger partial charge < -0.3 is 4.90 Å². The maximum Gasteiger partial charge on any atom is 0.101 e. The summed E-state index contributed by atoms with van der Waals surface area (Å²) in [6, 6.07) is 8.10. The molecule has 1 aromatic rings. The van der Waals surface area contributed by atoms with Crippen LogP contribution in [-0.4, -0.2) is 24.8 Å². The summed E-state index contributed by atoms with van der Waals surface area (Å²) in [6.07, 6.45) is 0. The third-order valence-electron chi connectivity index (χ3n) is 1.78. The number of hydrogen-bond donors (Lipinski definition) is 0. The number of benzene rings is 1. The van der Waals surface area contributed by atoms with E-state index in [4.69, 9.17) is 0 Å². The van der Waals surface area contributed by atoms with Crippen molar-refractivity contribution < 1.29 is 0 Å². The average Bonchev–Trinajstić information content (AvgIpc) is 2.08. The van der Waals surface area contributed by atoms with E-state index in [2.05, 4.69) is 33.6 Å². The van der Waals surface area contributed by atoms with Crippen LogP contribution in [-0.2, 0) is 0 Å². The van der Waals surface area contributed by atoms with Crippen LogP contribution in [0.4, 0.5) is 5.69 Å². The van der Waals surface area contributed by atoms with Crippen LogP contribution in [0.5, 0.6) is 0 Å². The van der Waals surface area contributed by atoms with Crippen molar-refractivity contribution in [1.82, 2.24) is 4.90 Å². The quantitative estimate of drug-likeness (QED) is 0.441. The van der Waals surface area contributed by atoms with Gasteiger partial charge in [0.05, 0.1) is 5.69 Å². The molecule has 0 N–H and O–H groups in total. The van der Waals surface area contributed by atoms with Crippen molar-refractivity contribution in [3.8, 4) is 0 Å². The molecule has 2 nitrogen and oxygen atoms in total. The molecule has 0 bridgehead atoms. The van der Waals surface area contributed by atoms with Gasteiger partial charge in [-0.3, -0.25) is 0 Å². The lowest BCUT2D eigenvalue weighted by Crippen LogP contribution is -2.17. The second kappa shape index (κ2) is 4.60. The number of nitrogens with zero attached hydrogens (tertiary/aromatic N) is 2. The number of aliphatic imine (C=N–C) groups is 1. The fraction of sp³-hybridized carbons (Fsp3) is 0.300. The fourth-order valence-electron chi connectivity index (χ4n) is 0.817. The van der Waals surface area contributed by atoms with E-state index in [1.165, 1.54) is 3.57 Å². The number of amidine groups is 1. The molecule has 0 unspecified atom stereocenters. The number of rotatable bonds is 1. The lowest BCUT2D eigenvalue weighted by atomic mass is 10.3. The molecular formula is C10H13IN2. The Kier molecular flexibility index (Phi) is 3.71. The second-order valence-corrected chi connectivity index (χ2v) is 4.17. The molecule has 1 rings (SSSR count). The van der Waals surface area contributed by atoms with Crippen LogP contribution < -0.4 is 0 Å². The fourth-order valence-corrected chi connectivity index (χ4v) is 1.32. The van der Waals surface area contributed by atoms with Gasteiger partial charge in [-0.05, 0) is 41.6 Å². The maximum atomic E-state index is 4.49. The van der Waals surface area contributed by atoms with Gasteiger partial charge in [0.2, 0.25) is 0 Å². The van der Waals surface area contributed by atoms with Crippen molar-refractivity contribution in [2.75, 3.05) is 14.1 Å². The van der Waals surface area contributed by atoms with Crippen molar-refractivity contribution in [2.24, 2.45) is 4.99 Å². The van der Waals surface area contributed by atoms with E-state index in [9.17, 15) is 0 Å². The highest BCUT2D eigenvalue weighted by Crippen LogP contribution is 2.20. The van der Waals surface area contributed by atoms with E-state index in [0.29, 0.717) is 0 Å². The molecule has 1 aromatic carbocycles. The second-order valence-electron chi connectivity index (χ2n) is 3.00. The van der Waals surface area contributed by atoms with Crippen LogP contribution in [0, 0.1) is 3.57 Å². The molecule has 0 aliphatic heterocycles. The number of hydrogen-bond acceptors (Lipinski definition) is 1. The van der Waals surface area contributed by atoms with E-state index < -0.39 is 0 Å². The highest BCUT2D eigenvalue weighted by molar-refractivity contribution is 14.1. The zero-order valence-electron chi connectivity index (χ0n) is 8.08. The first-order chi connectivity index (χ1) is 6.11. The molecule has 0 aromatic heterocycles. The Morgan fingerprint density at radius 1 is 1.31 bits per heavy atom. The molecule has 0 radical (unpaired) electrons. The van der Waals surface area contributed by atoms with Crippen LogP contribution >= 0.6 is 22.6 Å². The Morgan fingerprint density at radius 3 is 2.46 bits per heavy atom. The summed E-state index contributed by atoms with van der Waals surface area (Å²) >= 11 is 2.29. The van der Waals surface area contributed by atoms with Crippen LogP contribution in [0.1, 0.15) is 6.92 Å². The summed E-state index contributed by atoms with van der Waals surface area (Å²) in [5, 5.41) is 0. The minimum absolute atomic E-state index is 1.02. The molecule has 3 heteroatoms. The van der Waals surface area contributed by atoms with Gasteiger partial charge in [0.1, 0.15) is 5.84 Å². The Balaban J connectivity index is 2.97.